The molecule has 0 bridgehead atoms. The summed E-state index contributed by atoms with van der Waals surface area (Å²) in [5.74, 6) is -3.11. The standard InChI is InChI=1S/C26H28N4O5S/c27-24(33)20(13-16-8-10-18(11-9-16)17-5-2-1-3-6-17)30-26(35)21(14-19-7-4-12-36-19)29-23(32)15-22(31)25(28)34/h1-12,20-22,31H,13-15H2,(H2,27,33)(H2,28,34)(H,29,32)(H,30,35)/t20-,21+,22-/m1/s1. The molecule has 2 aromatic carbocycles. The van der Waals surface area contributed by atoms with E-state index in [4.69, 9.17) is 11.5 Å². The van der Waals surface area contributed by atoms with Crippen molar-refractivity contribution in [3.8, 4) is 11.1 Å². The van der Waals surface area contributed by atoms with E-state index in [2.05, 4.69) is 10.6 Å². The molecule has 10 heteroatoms. The third-order valence-corrected chi connectivity index (χ3v) is 6.40. The van der Waals surface area contributed by atoms with Gasteiger partial charge in [0.1, 0.15) is 18.2 Å². The highest BCUT2D eigenvalue weighted by atomic mass is 32.1. The fraction of sp³-hybridized carbons (Fsp3) is 0.231. The van der Waals surface area contributed by atoms with Gasteiger partial charge < -0.3 is 27.2 Å². The number of nitrogens with two attached hydrogens (primary N) is 2. The maximum atomic E-state index is 13.1. The number of aliphatic hydroxyl groups excluding tert-OH is 1. The SMILES string of the molecule is NC(=O)[C@H](O)CC(=O)N[C@@H](Cc1cccs1)C(=O)N[C@H](Cc1ccc(-c2ccccc2)cc1)C(N)=O. The van der Waals surface area contributed by atoms with E-state index < -0.39 is 48.2 Å². The molecule has 3 rings (SSSR count). The summed E-state index contributed by atoms with van der Waals surface area (Å²) in [6.45, 7) is 0. The van der Waals surface area contributed by atoms with Crippen LogP contribution in [0.5, 0.6) is 0 Å². The second-order valence-corrected chi connectivity index (χ2v) is 9.29. The Morgan fingerprint density at radius 3 is 2.03 bits per heavy atom. The lowest BCUT2D eigenvalue weighted by molar-refractivity contribution is -0.134. The number of benzene rings is 2. The molecule has 188 valence electrons. The van der Waals surface area contributed by atoms with Gasteiger partial charge in [0.05, 0.1) is 6.42 Å². The number of hydrogen-bond donors (Lipinski definition) is 5. The Balaban J connectivity index is 1.69. The maximum absolute atomic E-state index is 13.1. The predicted molar refractivity (Wildman–Crippen MR) is 136 cm³/mol. The molecule has 0 aliphatic heterocycles. The molecule has 1 aromatic heterocycles. The van der Waals surface area contributed by atoms with Crippen LogP contribution in [-0.4, -0.2) is 46.9 Å². The third-order valence-electron chi connectivity index (χ3n) is 5.51. The molecule has 0 radical (unpaired) electrons. The Labute approximate surface area is 212 Å². The van der Waals surface area contributed by atoms with E-state index >= 15 is 0 Å². The van der Waals surface area contributed by atoms with Gasteiger partial charge in [-0.25, -0.2) is 0 Å². The van der Waals surface area contributed by atoms with Gasteiger partial charge in [0.2, 0.25) is 23.6 Å². The number of primary amides is 2. The Kier molecular flexibility index (Phi) is 9.32. The van der Waals surface area contributed by atoms with Gasteiger partial charge in [0.15, 0.2) is 0 Å². The van der Waals surface area contributed by atoms with Crippen molar-refractivity contribution in [2.75, 3.05) is 0 Å². The van der Waals surface area contributed by atoms with Crippen molar-refractivity contribution in [2.45, 2.75) is 37.5 Å². The Morgan fingerprint density at radius 1 is 0.778 bits per heavy atom. The molecule has 1 heterocycles. The van der Waals surface area contributed by atoms with Crippen LogP contribution in [0.4, 0.5) is 0 Å². The minimum Gasteiger partial charge on any atom is -0.383 e. The zero-order valence-corrected chi connectivity index (χ0v) is 20.2. The smallest absolute Gasteiger partial charge is 0.246 e. The predicted octanol–water partition coefficient (Wildman–Crippen LogP) is 0.892. The number of carbonyl (C=O) groups is 4. The van der Waals surface area contributed by atoms with E-state index in [0.29, 0.717) is 0 Å². The Morgan fingerprint density at radius 2 is 1.44 bits per heavy atom. The molecule has 9 nitrogen and oxygen atoms in total. The van der Waals surface area contributed by atoms with Gasteiger partial charge in [-0.05, 0) is 28.1 Å². The molecule has 3 atom stereocenters. The lowest BCUT2D eigenvalue weighted by atomic mass is 10.00. The van der Waals surface area contributed by atoms with Crippen LogP contribution in [0.1, 0.15) is 16.9 Å². The van der Waals surface area contributed by atoms with Crippen LogP contribution in [0.15, 0.2) is 72.1 Å². The molecular weight excluding hydrogens is 480 g/mol. The molecule has 7 N–H and O–H groups in total. The first-order valence-corrected chi connectivity index (χ1v) is 12.1. The van der Waals surface area contributed by atoms with E-state index in [1.807, 2.05) is 60.0 Å². The molecule has 0 aliphatic carbocycles. The van der Waals surface area contributed by atoms with Crippen molar-refractivity contribution in [1.82, 2.24) is 10.6 Å². The van der Waals surface area contributed by atoms with Crippen molar-refractivity contribution in [3.63, 3.8) is 0 Å². The number of nitrogens with one attached hydrogen (secondary N) is 2. The highest BCUT2D eigenvalue weighted by Crippen LogP contribution is 2.20. The molecule has 0 fully saturated rings. The van der Waals surface area contributed by atoms with Gasteiger partial charge in [-0.1, -0.05) is 60.7 Å². The molecule has 0 saturated carbocycles. The first-order valence-electron chi connectivity index (χ1n) is 11.3. The Hall–Kier alpha value is -4.02. The van der Waals surface area contributed by atoms with Crippen LogP contribution in [0.25, 0.3) is 11.1 Å². The molecular formula is C26H28N4O5S. The summed E-state index contributed by atoms with van der Waals surface area (Å²) in [5, 5.41) is 16.6. The van der Waals surface area contributed by atoms with Gasteiger partial charge >= 0.3 is 0 Å². The first-order chi connectivity index (χ1) is 17.2. The number of amides is 4. The number of aliphatic hydroxyl groups is 1. The summed E-state index contributed by atoms with van der Waals surface area (Å²) >= 11 is 1.40. The monoisotopic (exact) mass is 508 g/mol. The molecule has 4 amide bonds. The number of hydrogen-bond acceptors (Lipinski definition) is 6. The summed E-state index contributed by atoms with van der Waals surface area (Å²) in [6, 6.07) is 18.9. The van der Waals surface area contributed by atoms with Crippen LogP contribution in [0.2, 0.25) is 0 Å². The quantitative estimate of drug-likeness (QED) is 0.245. The molecule has 0 saturated heterocycles. The van der Waals surface area contributed by atoms with Gasteiger partial charge in [0, 0.05) is 17.7 Å². The van der Waals surface area contributed by atoms with Crippen LogP contribution in [0, 0.1) is 0 Å². The summed E-state index contributed by atoms with van der Waals surface area (Å²) < 4.78 is 0. The zero-order chi connectivity index (χ0) is 26.1. The van der Waals surface area contributed by atoms with Crippen LogP contribution in [0.3, 0.4) is 0 Å². The number of thiophene rings is 1. The summed E-state index contributed by atoms with van der Waals surface area (Å²) in [6.07, 6.45) is -1.95. The molecule has 3 aromatic rings. The average molecular weight is 509 g/mol. The van der Waals surface area contributed by atoms with Crippen LogP contribution in [-0.2, 0) is 32.0 Å². The summed E-state index contributed by atoms with van der Waals surface area (Å²) in [5.41, 5.74) is 13.4. The van der Waals surface area contributed by atoms with Crippen LogP contribution >= 0.6 is 11.3 Å². The second-order valence-electron chi connectivity index (χ2n) is 8.26. The third kappa shape index (κ3) is 7.76. The molecule has 36 heavy (non-hydrogen) atoms. The highest BCUT2D eigenvalue weighted by Gasteiger charge is 2.27. The number of rotatable bonds is 12. The lowest BCUT2D eigenvalue weighted by Gasteiger charge is -2.22. The van der Waals surface area contributed by atoms with Gasteiger partial charge in [-0.2, -0.15) is 0 Å². The largest absolute Gasteiger partial charge is 0.383 e. The zero-order valence-electron chi connectivity index (χ0n) is 19.4. The van der Waals surface area contributed by atoms with Crippen molar-refractivity contribution >= 4 is 35.0 Å². The summed E-state index contributed by atoms with van der Waals surface area (Å²) in [7, 11) is 0. The summed E-state index contributed by atoms with van der Waals surface area (Å²) in [4.78, 5) is 49.4. The fourth-order valence-electron chi connectivity index (χ4n) is 3.56. The van der Waals surface area contributed by atoms with E-state index in [1.165, 1.54) is 11.3 Å². The lowest BCUT2D eigenvalue weighted by Crippen LogP contribution is -2.54. The van der Waals surface area contributed by atoms with E-state index in [-0.39, 0.29) is 12.8 Å². The van der Waals surface area contributed by atoms with Crippen LogP contribution < -0.4 is 22.1 Å². The van der Waals surface area contributed by atoms with Crippen molar-refractivity contribution in [3.05, 3.63) is 82.6 Å². The van der Waals surface area contributed by atoms with E-state index in [0.717, 1.165) is 21.6 Å². The average Bonchev–Trinajstić information content (AvgIpc) is 3.37. The molecule has 0 spiro atoms. The topological polar surface area (TPSA) is 165 Å². The minimum atomic E-state index is -1.67. The van der Waals surface area contributed by atoms with Gasteiger partial charge in [-0.3, -0.25) is 19.2 Å². The van der Waals surface area contributed by atoms with Crippen molar-refractivity contribution < 1.29 is 24.3 Å². The van der Waals surface area contributed by atoms with Crippen molar-refractivity contribution in [1.29, 1.82) is 0 Å². The fourth-order valence-corrected chi connectivity index (χ4v) is 4.32. The Bertz CT molecular complexity index is 1180. The second kappa shape index (κ2) is 12.6. The molecule has 0 aliphatic rings. The van der Waals surface area contributed by atoms with E-state index in [1.54, 1.807) is 12.1 Å². The van der Waals surface area contributed by atoms with Gasteiger partial charge in [-0.15, -0.1) is 11.3 Å². The first kappa shape index (κ1) is 26.6. The van der Waals surface area contributed by atoms with E-state index in [9.17, 15) is 24.3 Å². The maximum Gasteiger partial charge on any atom is 0.246 e. The highest BCUT2D eigenvalue weighted by molar-refractivity contribution is 7.09. The van der Waals surface area contributed by atoms with Crippen molar-refractivity contribution in [2.24, 2.45) is 11.5 Å². The van der Waals surface area contributed by atoms with Gasteiger partial charge in [0.25, 0.3) is 0 Å². The molecule has 0 unspecified atom stereocenters. The number of carbonyl (C=O) groups excluding carboxylic acids is 4. The normalized spacial score (nSPS) is 13.2. The minimum absolute atomic E-state index is 0.152.